The summed E-state index contributed by atoms with van der Waals surface area (Å²) >= 11 is 1.29. The second-order valence-corrected chi connectivity index (χ2v) is 7.77. The molecule has 3 rings (SSSR count). The quantitative estimate of drug-likeness (QED) is 0.516. The van der Waals surface area contributed by atoms with Gasteiger partial charge in [-0.1, -0.05) is 30.0 Å². The highest BCUT2D eigenvalue weighted by atomic mass is 32.2. The molecular weight excluding hydrogens is 374 g/mol. The minimum Gasteiger partial charge on any atom is -0.496 e. The lowest BCUT2D eigenvalue weighted by Gasteiger charge is -2.22. The third-order valence-corrected chi connectivity index (χ3v) is 5.70. The van der Waals surface area contributed by atoms with Crippen LogP contribution in [0, 0.1) is 17.2 Å². The number of ether oxygens (including phenoxy) is 1. The van der Waals surface area contributed by atoms with E-state index in [1.54, 1.807) is 20.1 Å². The number of nitriles is 1. The van der Waals surface area contributed by atoms with Crippen molar-refractivity contribution in [3.05, 3.63) is 36.9 Å². The Morgan fingerprint density at radius 2 is 2.25 bits per heavy atom. The molecule has 1 atom stereocenters. The van der Waals surface area contributed by atoms with Crippen LogP contribution in [-0.2, 0) is 11.3 Å². The van der Waals surface area contributed by atoms with E-state index in [0.29, 0.717) is 23.3 Å². The number of amides is 1. The zero-order valence-corrected chi connectivity index (χ0v) is 16.8. The van der Waals surface area contributed by atoms with Crippen molar-refractivity contribution < 1.29 is 9.53 Å². The fourth-order valence-electron chi connectivity index (χ4n) is 3.06. The Morgan fingerprint density at radius 3 is 2.89 bits per heavy atom. The summed E-state index contributed by atoms with van der Waals surface area (Å²) < 4.78 is 7.32. The van der Waals surface area contributed by atoms with Crippen molar-refractivity contribution in [2.45, 2.75) is 37.0 Å². The average Bonchev–Trinajstić information content (AvgIpc) is 3.49. The van der Waals surface area contributed by atoms with Crippen LogP contribution in [-0.4, -0.2) is 39.1 Å². The maximum atomic E-state index is 12.4. The van der Waals surface area contributed by atoms with Gasteiger partial charge in [0.05, 0.1) is 24.5 Å². The van der Waals surface area contributed by atoms with Gasteiger partial charge in [-0.2, -0.15) is 5.26 Å². The maximum absolute atomic E-state index is 12.4. The normalized spacial score (nSPS) is 15.3. The van der Waals surface area contributed by atoms with Crippen LogP contribution in [0.15, 0.2) is 42.1 Å². The van der Waals surface area contributed by atoms with Crippen LogP contribution < -0.4 is 10.1 Å². The van der Waals surface area contributed by atoms with Crippen LogP contribution in [0.5, 0.6) is 5.75 Å². The summed E-state index contributed by atoms with van der Waals surface area (Å²) in [6.45, 7) is 6.09. The van der Waals surface area contributed by atoms with Crippen molar-refractivity contribution in [3.8, 4) is 23.2 Å². The highest BCUT2D eigenvalue weighted by Gasteiger charge is 2.43. The van der Waals surface area contributed by atoms with Crippen molar-refractivity contribution in [1.82, 2.24) is 20.1 Å². The molecule has 1 N–H and O–H groups in total. The summed E-state index contributed by atoms with van der Waals surface area (Å²) in [7, 11) is 1.61. The number of carbonyl (C=O) groups excluding carboxylic acids is 1. The van der Waals surface area contributed by atoms with Gasteiger partial charge in [0.15, 0.2) is 11.0 Å². The van der Waals surface area contributed by atoms with E-state index < -0.39 is 5.54 Å². The summed E-state index contributed by atoms with van der Waals surface area (Å²) in [5.41, 5.74) is 0.0241. The van der Waals surface area contributed by atoms with Crippen LogP contribution in [0.25, 0.3) is 11.4 Å². The average molecular weight is 398 g/mol. The molecule has 1 fully saturated rings. The van der Waals surface area contributed by atoms with Crippen molar-refractivity contribution in [2.24, 2.45) is 5.92 Å². The van der Waals surface area contributed by atoms with Crippen LogP contribution in [0.2, 0.25) is 0 Å². The number of methoxy groups -OCH3 is 1. The van der Waals surface area contributed by atoms with E-state index in [9.17, 15) is 10.1 Å². The molecular formula is C20H23N5O2S. The van der Waals surface area contributed by atoms with E-state index >= 15 is 0 Å². The van der Waals surface area contributed by atoms with E-state index in [0.717, 1.165) is 18.4 Å². The van der Waals surface area contributed by atoms with E-state index in [-0.39, 0.29) is 17.6 Å². The molecule has 146 valence electrons. The SMILES string of the molecule is C=CCn1c(SCC(=O)NC(C)(C#N)C2CC2)nnc1-c1ccccc1OC. The molecule has 8 heteroatoms. The molecule has 1 aliphatic rings. The molecule has 1 unspecified atom stereocenters. The minimum absolute atomic E-state index is 0.158. The first kappa shape index (κ1) is 20.0. The Labute approximate surface area is 168 Å². The maximum Gasteiger partial charge on any atom is 0.231 e. The Hall–Kier alpha value is -2.79. The van der Waals surface area contributed by atoms with Gasteiger partial charge in [-0.25, -0.2) is 0 Å². The summed E-state index contributed by atoms with van der Waals surface area (Å²) in [4.78, 5) is 12.4. The number of benzene rings is 1. The predicted octanol–water partition coefficient (Wildman–Crippen LogP) is 3.04. The van der Waals surface area contributed by atoms with Crippen molar-refractivity contribution in [3.63, 3.8) is 0 Å². The molecule has 1 saturated carbocycles. The molecule has 0 aliphatic heterocycles. The van der Waals surface area contributed by atoms with Gasteiger partial charge in [0.1, 0.15) is 11.3 Å². The number of allylic oxidation sites excluding steroid dienone is 1. The highest BCUT2D eigenvalue weighted by Crippen LogP contribution is 2.39. The first-order valence-corrected chi connectivity index (χ1v) is 10.0. The smallest absolute Gasteiger partial charge is 0.231 e. The number of rotatable bonds is 9. The van der Waals surface area contributed by atoms with Crippen LogP contribution in [0.4, 0.5) is 0 Å². The van der Waals surface area contributed by atoms with Crippen LogP contribution in [0.1, 0.15) is 19.8 Å². The number of carbonyl (C=O) groups is 1. The molecule has 1 amide bonds. The number of hydrogen-bond donors (Lipinski definition) is 1. The third kappa shape index (κ3) is 4.20. The molecule has 7 nitrogen and oxygen atoms in total. The van der Waals surface area contributed by atoms with Crippen LogP contribution in [0.3, 0.4) is 0 Å². The van der Waals surface area contributed by atoms with E-state index in [2.05, 4.69) is 28.2 Å². The van der Waals surface area contributed by atoms with Gasteiger partial charge in [0.25, 0.3) is 0 Å². The van der Waals surface area contributed by atoms with Gasteiger partial charge in [0, 0.05) is 6.54 Å². The monoisotopic (exact) mass is 397 g/mol. The number of hydrogen-bond acceptors (Lipinski definition) is 6. The van der Waals surface area contributed by atoms with Crippen LogP contribution >= 0.6 is 11.8 Å². The van der Waals surface area contributed by atoms with E-state index in [1.165, 1.54) is 11.8 Å². The molecule has 1 aliphatic carbocycles. The Kier molecular flexibility index (Phi) is 6.05. The molecule has 0 saturated heterocycles. The van der Waals surface area contributed by atoms with Gasteiger partial charge in [-0.05, 0) is 37.8 Å². The fourth-order valence-corrected chi connectivity index (χ4v) is 3.80. The Balaban J connectivity index is 1.76. The Morgan fingerprint density at radius 1 is 1.50 bits per heavy atom. The van der Waals surface area contributed by atoms with Gasteiger partial charge < -0.3 is 10.1 Å². The zero-order chi connectivity index (χ0) is 20.1. The lowest BCUT2D eigenvalue weighted by atomic mass is 9.98. The number of thioether (sulfide) groups is 1. The Bertz CT molecular complexity index is 916. The molecule has 1 heterocycles. The third-order valence-electron chi connectivity index (χ3n) is 4.73. The second-order valence-electron chi connectivity index (χ2n) is 6.83. The number of nitrogens with one attached hydrogen (secondary N) is 1. The lowest BCUT2D eigenvalue weighted by molar-refractivity contribution is -0.119. The summed E-state index contributed by atoms with van der Waals surface area (Å²) in [5.74, 6) is 1.57. The molecule has 1 aromatic carbocycles. The van der Waals surface area contributed by atoms with Crippen molar-refractivity contribution >= 4 is 17.7 Å². The minimum atomic E-state index is -0.797. The van der Waals surface area contributed by atoms with Gasteiger partial charge in [-0.3, -0.25) is 9.36 Å². The molecule has 2 aromatic rings. The largest absolute Gasteiger partial charge is 0.496 e. The first-order valence-electron chi connectivity index (χ1n) is 9.05. The molecule has 0 spiro atoms. The molecule has 28 heavy (non-hydrogen) atoms. The first-order chi connectivity index (χ1) is 13.5. The number of para-hydroxylation sites is 1. The summed E-state index contributed by atoms with van der Waals surface area (Å²) in [6, 6.07) is 9.82. The summed E-state index contributed by atoms with van der Waals surface area (Å²) in [5, 5.41) is 21.4. The zero-order valence-electron chi connectivity index (χ0n) is 16.0. The second kappa shape index (κ2) is 8.48. The van der Waals surface area contributed by atoms with Gasteiger partial charge >= 0.3 is 0 Å². The van der Waals surface area contributed by atoms with Gasteiger partial charge in [-0.15, -0.1) is 16.8 Å². The predicted molar refractivity (Wildman–Crippen MR) is 108 cm³/mol. The molecule has 0 bridgehead atoms. The topological polar surface area (TPSA) is 92.8 Å². The van der Waals surface area contributed by atoms with Crippen molar-refractivity contribution in [2.75, 3.05) is 12.9 Å². The number of aromatic nitrogens is 3. The standard InChI is InChI=1S/C20H23N5O2S/c1-4-11-25-18(15-7-5-6-8-16(15)27-3)23-24-19(25)28-12-17(26)22-20(2,13-21)14-9-10-14/h4-8,14H,1,9-12H2,2-3H3,(H,22,26). The molecule has 1 aromatic heterocycles. The van der Waals surface area contributed by atoms with Gasteiger partial charge in [0.2, 0.25) is 5.91 Å². The summed E-state index contributed by atoms with van der Waals surface area (Å²) in [6.07, 6.45) is 3.72. The van der Waals surface area contributed by atoms with E-state index in [1.807, 2.05) is 28.8 Å². The molecule has 0 radical (unpaired) electrons. The highest BCUT2D eigenvalue weighted by molar-refractivity contribution is 7.99. The number of nitrogens with zero attached hydrogens (tertiary/aromatic N) is 4. The lowest BCUT2D eigenvalue weighted by Crippen LogP contribution is -2.47. The van der Waals surface area contributed by atoms with E-state index in [4.69, 9.17) is 4.74 Å². The fraction of sp³-hybridized carbons (Fsp3) is 0.400. The van der Waals surface area contributed by atoms with Crippen molar-refractivity contribution in [1.29, 1.82) is 5.26 Å².